The first kappa shape index (κ1) is 13.8. The van der Waals surface area contributed by atoms with E-state index >= 15 is 0 Å². The molecule has 2 rings (SSSR count). The van der Waals surface area contributed by atoms with Gasteiger partial charge < -0.3 is 5.32 Å². The first-order valence-electron chi connectivity index (χ1n) is 7.28. The van der Waals surface area contributed by atoms with Crippen LogP contribution in [0.25, 0.3) is 0 Å². The molecule has 0 bridgehead atoms. The van der Waals surface area contributed by atoms with Gasteiger partial charge in [-0.1, -0.05) is 38.8 Å². The summed E-state index contributed by atoms with van der Waals surface area (Å²) >= 11 is 1.93. The Morgan fingerprint density at radius 2 is 2.00 bits per heavy atom. The minimum atomic E-state index is 0.675. The highest BCUT2D eigenvalue weighted by molar-refractivity contribution is 7.99. The molecular formula is C16H25NS. The van der Waals surface area contributed by atoms with Crippen molar-refractivity contribution in [2.75, 3.05) is 11.1 Å². The van der Waals surface area contributed by atoms with Crippen LogP contribution in [0.1, 0.15) is 46.0 Å². The number of hydrogen-bond acceptors (Lipinski definition) is 2. The van der Waals surface area contributed by atoms with Crippen LogP contribution < -0.4 is 5.32 Å². The molecule has 100 valence electrons. The average Bonchev–Trinajstić information content (AvgIpc) is 2.57. The summed E-state index contributed by atoms with van der Waals surface area (Å²) in [5.74, 6) is 2.05. The lowest BCUT2D eigenvalue weighted by Gasteiger charge is -2.20. The summed E-state index contributed by atoms with van der Waals surface area (Å²) in [7, 11) is 0. The van der Waals surface area contributed by atoms with E-state index in [9.17, 15) is 0 Å². The van der Waals surface area contributed by atoms with Gasteiger partial charge in [-0.2, -0.15) is 0 Å². The smallest absolute Gasteiger partial charge is 0.0480 e. The van der Waals surface area contributed by atoms with Gasteiger partial charge in [0, 0.05) is 16.6 Å². The van der Waals surface area contributed by atoms with E-state index in [-0.39, 0.29) is 0 Å². The lowest BCUT2D eigenvalue weighted by molar-refractivity contribution is 0.502. The minimum absolute atomic E-state index is 0.675. The van der Waals surface area contributed by atoms with Crippen LogP contribution in [0.4, 0.5) is 5.69 Å². The van der Waals surface area contributed by atoms with Crippen molar-refractivity contribution in [3.05, 3.63) is 24.3 Å². The highest BCUT2D eigenvalue weighted by Gasteiger charge is 2.16. The Bertz CT molecular complexity index is 364. The zero-order valence-electron chi connectivity index (χ0n) is 11.6. The van der Waals surface area contributed by atoms with Crippen LogP contribution in [-0.4, -0.2) is 11.8 Å². The zero-order chi connectivity index (χ0) is 12.8. The van der Waals surface area contributed by atoms with E-state index < -0.39 is 0 Å². The quantitative estimate of drug-likeness (QED) is 0.593. The van der Waals surface area contributed by atoms with E-state index in [0.717, 1.165) is 11.7 Å². The molecule has 1 aliphatic carbocycles. The van der Waals surface area contributed by atoms with Crippen LogP contribution in [0.3, 0.4) is 0 Å². The summed E-state index contributed by atoms with van der Waals surface area (Å²) in [4.78, 5) is 1.40. The highest BCUT2D eigenvalue weighted by Crippen LogP contribution is 2.30. The van der Waals surface area contributed by atoms with Crippen LogP contribution in [0, 0.1) is 5.92 Å². The lowest BCUT2D eigenvalue weighted by atomic mass is 10.0. The van der Waals surface area contributed by atoms with Crippen LogP contribution in [0.5, 0.6) is 0 Å². The predicted molar refractivity (Wildman–Crippen MR) is 82.5 cm³/mol. The molecule has 0 heterocycles. The Kier molecular flexibility index (Phi) is 5.43. The van der Waals surface area contributed by atoms with Crippen molar-refractivity contribution in [3.63, 3.8) is 0 Å². The van der Waals surface area contributed by atoms with Gasteiger partial charge in [0.25, 0.3) is 0 Å². The van der Waals surface area contributed by atoms with E-state index in [0.29, 0.717) is 6.04 Å². The summed E-state index contributed by atoms with van der Waals surface area (Å²) in [6.45, 7) is 4.61. The molecule has 2 heteroatoms. The molecule has 1 aliphatic rings. The molecular weight excluding hydrogens is 238 g/mol. The largest absolute Gasteiger partial charge is 0.381 e. The molecule has 1 nitrogen and oxygen atoms in total. The second kappa shape index (κ2) is 7.08. The Morgan fingerprint density at radius 3 is 2.83 bits per heavy atom. The molecule has 0 aliphatic heterocycles. The maximum atomic E-state index is 3.77. The van der Waals surface area contributed by atoms with Crippen molar-refractivity contribution < 1.29 is 0 Å². The Hall–Kier alpha value is -0.630. The number of nitrogens with one attached hydrogen (secondary N) is 1. The molecule has 1 aromatic carbocycles. The molecule has 0 aromatic heterocycles. The number of anilines is 1. The van der Waals surface area contributed by atoms with Gasteiger partial charge in [-0.3, -0.25) is 0 Å². The minimum Gasteiger partial charge on any atom is -0.381 e. The van der Waals surface area contributed by atoms with Crippen molar-refractivity contribution in [1.82, 2.24) is 0 Å². The third-order valence-electron chi connectivity index (χ3n) is 3.80. The molecule has 2 atom stereocenters. The lowest BCUT2D eigenvalue weighted by Crippen LogP contribution is -2.18. The van der Waals surface area contributed by atoms with Crippen molar-refractivity contribution in [2.24, 2.45) is 5.92 Å². The maximum Gasteiger partial charge on any atom is 0.0480 e. The molecule has 0 radical (unpaired) electrons. The Morgan fingerprint density at radius 1 is 1.17 bits per heavy atom. The second-order valence-corrected chi connectivity index (χ2v) is 6.69. The standard InChI is InChI=1S/C16H25NS/c1-3-18-16-10-5-4-9-15(16)17-14-8-6-7-13(2)11-12-14/h4-5,9-10,13-14,17H,3,6-8,11-12H2,1-2H3. The van der Waals surface area contributed by atoms with Crippen molar-refractivity contribution in [3.8, 4) is 0 Å². The first-order chi connectivity index (χ1) is 8.79. The zero-order valence-corrected chi connectivity index (χ0v) is 12.4. The molecule has 1 aromatic rings. The van der Waals surface area contributed by atoms with Gasteiger partial charge in [0.2, 0.25) is 0 Å². The van der Waals surface area contributed by atoms with Crippen molar-refractivity contribution >= 4 is 17.4 Å². The average molecular weight is 263 g/mol. The third-order valence-corrected chi connectivity index (χ3v) is 4.76. The molecule has 1 fully saturated rings. The SMILES string of the molecule is CCSc1ccccc1NC1CCCC(C)CC1. The van der Waals surface area contributed by atoms with Gasteiger partial charge in [-0.15, -0.1) is 11.8 Å². The summed E-state index contributed by atoms with van der Waals surface area (Å²) in [6, 6.07) is 9.41. The number of rotatable bonds is 4. The molecule has 1 saturated carbocycles. The fourth-order valence-corrected chi connectivity index (χ4v) is 3.49. The normalized spacial score (nSPS) is 24.6. The van der Waals surface area contributed by atoms with Crippen LogP contribution >= 0.6 is 11.8 Å². The molecule has 1 N–H and O–H groups in total. The molecule has 0 spiro atoms. The van der Waals surface area contributed by atoms with Gasteiger partial charge in [0.15, 0.2) is 0 Å². The van der Waals surface area contributed by atoms with E-state index in [4.69, 9.17) is 0 Å². The molecule has 0 amide bonds. The van der Waals surface area contributed by atoms with E-state index in [1.165, 1.54) is 42.7 Å². The van der Waals surface area contributed by atoms with Gasteiger partial charge in [-0.05, 0) is 43.1 Å². The maximum absolute atomic E-state index is 3.77. The number of para-hydroxylation sites is 1. The highest BCUT2D eigenvalue weighted by atomic mass is 32.2. The summed E-state index contributed by atoms with van der Waals surface area (Å²) in [5.41, 5.74) is 1.34. The molecule has 18 heavy (non-hydrogen) atoms. The summed E-state index contributed by atoms with van der Waals surface area (Å²) in [6.07, 6.45) is 6.81. The van der Waals surface area contributed by atoms with Crippen molar-refractivity contribution in [1.29, 1.82) is 0 Å². The summed E-state index contributed by atoms with van der Waals surface area (Å²) < 4.78 is 0. The Balaban J connectivity index is 1.99. The van der Waals surface area contributed by atoms with Crippen LogP contribution in [0.2, 0.25) is 0 Å². The van der Waals surface area contributed by atoms with Gasteiger partial charge in [0.1, 0.15) is 0 Å². The monoisotopic (exact) mass is 263 g/mol. The number of benzene rings is 1. The van der Waals surface area contributed by atoms with E-state index in [1.54, 1.807) is 0 Å². The predicted octanol–water partition coefficient (Wildman–Crippen LogP) is 5.18. The van der Waals surface area contributed by atoms with Gasteiger partial charge in [0.05, 0.1) is 0 Å². The second-order valence-electron chi connectivity index (χ2n) is 5.38. The Labute approximate surface area is 116 Å². The van der Waals surface area contributed by atoms with Crippen LogP contribution in [0.15, 0.2) is 29.2 Å². The molecule has 0 saturated heterocycles. The summed E-state index contributed by atoms with van der Waals surface area (Å²) in [5, 5.41) is 3.77. The fraction of sp³-hybridized carbons (Fsp3) is 0.625. The number of thioether (sulfide) groups is 1. The van der Waals surface area contributed by atoms with Crippen LogP contribution in [-0.2, 0) is 0 Å². The first-order valence-corrected chi connectivity index (χ1v) is 8.26. The van der Waals surface area contributed by atoms with Gasteiger partial charge >= 0.3 is 0 Å². The topological polar surface area (TPSA) is 12.0 Å². The van der Waals surface area contributed by atoms with E-state index in [2.05, 4.69) is 43.4 Å². The van der Waals surface area contributed by atoms with Crippen molar-refractivity contribution in [2.45, 2.75) is 56.9 Å². The fourth-order valence-electron chi connectivity index (χ4n) is 2.72. The molecule has 2 unspecified atom stereocenters. The number of hydrogen-bond donors (Lipinski definition) is 1. The van der Waals surface area contributed by atoms with E-state index in [1.807, 2.05) is 11.8 Å². The van der Waals surface area contributed by atoms with Gasteiger partial charge in [-0.25, -0.2) is 0 Å². The third kappa shape index (κ3) is 3.94.